The van der Waals surface area contributed by atoms with E-state index in [2.05, 4.69) is 15.9 Å². The molecule has 2 nitrogen and oxygen atoms in total. The molecule has 5 heteroatoms. The number of phenols is 1. The Morgan fingerprint density at radius 2 is 1.83 bits per heavy atom. The van der Waals surface area contributed by atoms with Crippen molar-refractivity contribution in [1.82, 2.24) is 0 Å². The summed E-state index contributed by atoms with van der Waals surface area (Å²) in [5, 5.41) is 9.37. The first-order valence-corrected chi connectivity index (χ1v) is 6.88. The van der Waals surface area contributed by atoms with Gasteiger partial charge in [0.15, 0.2) is 11.6 Å². The van der Waals surface area contributed by atoms with E-state index in [4.69, 9.17) is 5.73 Å². The standard InChI is InChI=1S/C13H16BrF2NO/c14-9-6-8(10(15)11(16)12(9)18)13(7-17)4-2-1-3-5-13/h6,18H,1-5,7,17H2. The topological polar surface area (TPSA) is 46.2 Å². The number of hydrogen-bond donors (Lipinski definition) is 2. The molecule has 0 heterocycles. The lowest BCUT2D eigenvalue weighted by Gasteiger charge is -2.37. The Hall–Kier alpha value is -0.680. The fraction of sp³-hybridized carbons (Fsp3) is 0.538. The third-order valence-electron chi connectivity index (χ3n) is 3.91. The molecule has 1 aliphatic carbocycles. The van der Waals surface area contributed by atoms with Crippen LogP contribution in [0, 0.1) is 11.6 Å². The quantitative estimate of drug-likeness (QED) is 0.818. The molecule has 0 atom stereocenters. The molecule has 100 valence electrons. The Balaban J connectivity index is 2.55. The summed E-state index contributed by atoms with van der Waals surface area (Å²) >= 11 is 3.05. The van der Waals surface area contributed by atoms with Gasteiger partial charge in [0.2, 0.25) is 5.82 Å². The number of nitrogens with two attached hydrogens (primary N) is 1. The van der Waals surface area contributed by atoms with Crippen molar-refractivity contribution in [2.24, 2.45) is 5.73 Å². The summed E-state index contributed by atoms with van der Waals surface area (Å²) in [5.41, 5.74) is 5.59. The first-order valence-electron chi connectivity index (χ1n) is 6.09. The molecule has 0 radical (unpaired) electrons. The molecule has 0 aromatic heterocycles. The molecule has 0 saturated heterocycles. The monoisotopic (exact) mass is 319 g/mol. The van der Waals surface area contributed by atoms with Crippen LogP contribution in [-0.2, 0) is 5.41 Å². The fourth-order valence-corrected chi connectivity index (χ4v) is 3.19. The lowest BCUT2D eigenvalue weighted by molar-refractivity contribution is 0.285. The maximum atomic E-state index is 14.0. The Morgan fingerprint density at radius 3 is 2.39 bits per heavy atom. The second kappa shape index (κ2) is 5.13. The number of rotatable bonds is 2. The largest absolute Gasteiger partial charge is 0.504 e. The van der Waals surface area contributed by atoms with Crippen LogP contribution in [0.2, 0.25) is 0 Å². The van der Waals surface area contributed by atoms with E-state index in [0.717, 1.165) is 32.1 Å². The van der Waals surface area contributed by atoms with Crippen molar-refractivity contribution in [3.05, 3.63) is 27.7 Å². The molecule has 1 aliphatic rings. The van der Waals surface area contributed by atoms with E-state index < -0.39 is 22.8 Å². The second-order valence-electron chi connectivity index (χ2n) is 4.93. The molecule has 18 heavy (non-hydrogen) atoms. The summed E-state index contributed by atoms with van der Waals surface area (Å²) in [5.74, 6) is -2.85. The van der Waals surface area contributed by atoms with E-state index >= 15 is 0 Å². The van der Waals surface area contributed by atoms with Crippen molar-refractivity contribution in [3.8, 4) is 5.75 Å². The molecular weight excluding hydrogens is 304 g/mol. The minimum atomic E-state index is -1.20. The molecule has 0 spiro atoms. The zero-order valence-electron chi connectivity index (χ0n) is 9.98. The summed E-state index contributed by atoms with van der Waals surface area (Å²) in [7, 11) is 0. The molecular formula is C13H16BrF2NO. The molecule has 1 aromatic rings. The van der Waals surface area contributed by atoms with E-state index in [-0.39, 0.29) is 10.0 Å². The highest BCUT2D eigenvalue weighted by Gasteiger charge is 2.36. The van der Waals surface area contributed by atoms with Gasteiger partial charge in [0.1, 0.15) is 0 Å². The summed E-state index contributed by atoms with van der Waals surface area (Å²) in [6, 6.07) is 1.46. The molecule has 0 amide bonds. The van der Waals surface area contributed by atoms with E-state index in [9.17, 15) is 13.9 Å². The van der Waals surface area contributed by atoms with Gasteiger partial charge in [-0.3, -0.25) is 0 Å². The number of phenolic OH excluding ortho intramolecular Hbond substituents is 1. The SMILES string of the molecule is NCC1(c2cc(Br)c(O)c(F)c2F)CCCCC1. The third-order valence-corrected chi connectivity index (χ3v) is 4.51. The highest BCUT2D eigenvalue weighted by atomic mass is 79.9. The van der Waals surface area contributed by atoms with Crippen molar-refractivity contribution in [3.63, 3.8) is 0 Å². The zero-order chi connectivity index (χ0) is 13.3. The average Bonchev–Trinajstić information content (AvgIpc) is 2.41. The predicted molar refractivity (Wildman–Crippen MR) is 69.5 cm³/mol. The van der Waals surface area contributed by atoms with Crippen LogP contribution < -0.4 is 5.73 Å². The molecule has 1 saturated carbocycles. The second-order valence-corrected chi connectivity index (χ2v) is 5.78. The van der Waals surface area contributed by atoms with Gasteiger partial charge in [0.25, 0.3) is 0 Å². The van der Waals surface area contributed by atoms with Gasteiger partial charge in [0.05, 0.1) is 4.47 Å². The lowest BCUT2D eigenvalue weighted by Crippen LogP contribution is -2.38. The van der Waals surface area contributed by atoms with Crippen molar-refractivity contribution < 1.29 is 13.9 Å². The molecule has 1 aromatic carbocycles. The molecule has 1 fully saturated rings. The van der Waals surface area contributed by atoms with Gasteiger partial charge in [-0.2, -0.15) is 4.39 Å². The summed E-state index contributed by atoms with van der Waals surface area (Å²) < 4.78 is 27.8. The third kappa shape index (κ3) is 2.14. The predicted octanol–water partition coefficient (Wildman–Crippen LogP) is 3.59. The number of halogens is 3. The van der Waals surface area contributed by atoms with Crippen molar-refractivity contribution in [1.29, 1.82) is 0 Å². The van der Waals surface area contributed by atoms with Gasteiger partial charge < -0.3 is 10.8 Å². The van der Waals surface area contributed by atoms with Crippen molar-refractivity contribution >= 4 is 15.9 Å². The fourth-order valence-electron chi connectivity index (χ4n) is 2.78. The van der Waals surface area contributed by atoms with E-state index in [1.165, 1.54) is 6.07 Å². The molecule has 3 N–H and O–H groups in total. The van der Waals surface area contributed by atoms with Crippen LogP contribution in [0.4, 0.5) is 8.78 Å². The van der Waals surface area contributed by atoms with Crippen LogP contribution in [0.1, 0.15) is 37.7 Å². The average molecular weight is 320 g/mol. The Kier molecular flexibility index (Phi) is 3.92. The van der Waals surface area contributed by atoms with Crippen molar-refractivity contribution in [2.45, 2.75) is 37.5 Å². The molecule has 2 rings (SSSR count). The maximum Gasteiger partial charge on any atom is 0.201 e. The smallest absolute Gasteiger partial charge is 0.201 e. The minimum Gasteiger partial charge on any atom is -0.504 e. The number of hydrogen-bond acceptors (Lipinski definition) is 2. The highest BCUT2D eigenvalue weighted by Crippen LogP contribution is 2.43. The number of aromatic hydroxyl groups is 1. The highest BCUT2D eigenvalue weighted by molar-refractivity contribution is 9.10. The Labute approximate surface area is 113 Å². The van der Waals surface area contributed by atoms with Crippen LogP contribution in [0.15, 0.2) is 10.5 Å². The van der Waals surface area contributed by atoms with Crippen LogP contribution >= 0.6 is 15.9 Å². The van der Waals surface area contributed by atoms with Crippen LogP contribution in [0.5, 0.6) is 5.75 Å². The van der Waals surface area contributed by atoms with E-state index in [1.54, 1.807) is 0 Å². The first-order chi connectivity index (χ1) is 8.52. The van der Waals surface area contributed by atoms with Crippen LogP contribution in [0.25, 0.3) is 0 Å². The molecule has 0 bridgehead atoms. The van der Waals surface area contributed by atoms with Crippen LogP contribution in [-0.4, -0.2) is 11.7 Å². The van der Waals surface area contributed by atoms with Gasteiger partial charge >= 0.3 is 0 Å². The van der Waals surface area contributed by atoms with Crippen LogP contribution in [0.3, 0.4) is 0 Å². The summed E-state index contributed by atoms with van der Waals surface area (Å²) in [4.78, 5) is 0. The summed E-state index contributed by atoms with van der Waals surface area (Å²) in [6.07, 6.45) is 4.56. The summed E-state index contributed by atoms with van der Waals surface area (Å²) in [6.45, 7) is 0.292. The number of benzene rings is 1. The minimum absolute atomic E-state index is 0.176. The van der Waals surface area contributed by atoms with E-state index in [0.29, 0.717) is 6.54 Å². The zero-order valence-corrected chi connectivity index (χ0v) is 11.6. The maximum absolute atomic E-state index is 14.0. The van der Waals surface area contributed by atoms with Crippen molar-refractivity contribution in [2.75, 3.05) is 6.54 Å². The van der Waals surface area contributed by atoms with Gasteiger partial charge in [-0.1, -0.05) is 19.3 Å². The molecule has 0 unspecified atom stereocenters. The lowest BCUT2D eigenvalue weighted by atomic mass is 9.69. The first kappa shape index (κ1) is 13.7. The molecule has 0 aliphatic heterocycles. The van der Waals surface area contributed by atoms with Gasteiger partial charge in [-0.25, -0.2) is 4.39 Å². The Morgan fingerprint density at radius 1 is 1.22 bits per heavy atom. The Bertz CT molecular complexity index is 459. The van der Waals surface area contributed by atoms with E-state index in [1.807, 2.05) is 0 Å². The van der Waals surface area contributed by atoms with Gasteiger partial charge in [0, 0.05) is 12.0 Å². The van der Waals surface area contributed by atoms with Gasteiger partial charge in [-0.05, 0) is 40.4 Å². The van der Waals surface area contributed by atoms with Gasteiger partial charge in [-0.15, -0.1) is 0 Å². The normalized spacial score (nSPS) is 18.9.